The number of carbonyl (C=O) groups excluding carboxylic acids is 1. The van der Waals surface area contributed by atoms with E-state index in [1.165, 1.54) is 17.7 Å². The van der Waals surface area contributed by atoms with Crippen molar-refractivity contribution in [3.8, 4) is 11.8 Å². The Morgan fingerprint density at radius 2 is 1.85 bits per heavy atom. The minimum Gasteiger partial charge on any atom is -0.328 e. The zero-order valence-corrected chi connectivity index (χ0v) is 15.0. The normalized spacial score (nSPS) is 10.7. The number of aryl methyl sites for hydroxylation is 1. The number of hydrogen-bond donors (Lipinski definition) is 1. The maximum Gasteiger partial charge on any atom is 0.416 e. The van der Waals surface area contributed by atoms with Crippen molar-refractivity contribution in [1.29, 1.82) is 0 Å². The monoisotopic (exact) mass is 374 g/mol. The van der Waals surface area contributed by atoms with E-state index in [4.69, 9.17) is 0 Å². The molecular formula is C21H21F3N2O. The highest BCUT2D eigenvalue weighted by Gasteiger charge is 2.30. The molecule has 0 radical (unpaired) electrons. The summed E-state index contributed by atoms with van der Waals surface area (Å²) >= 11 is 0. The van der Waals surface area contributed by atoms with Gasteiger partial charge in [-0.1, -0.05) is 48.2 Å². The Balaban J connectivity index is 1.75. The van der Waals surface area contributed by atoms with Crippen molar-refractivity contribution in [2.45, 2.75) is 19.0 Å². The fraction of sp³-hybridized carbons (Fsp3) is 0.286. The van der Waals surface area contributed by atoms with Gasteiger partial charge in [0.05, 0.1) is 12.1 Å². The van der Waals surface area contributed by atoms with E-state index in [-0.39, 0.29) is 18.1 Å². The molecule has 1 N–H and O–H groups in total. The lowest BCUT2D eigenvalue weighted by molar-refractivity contribution is -0.137. The topological polar surface area (TPSA) is 32.3 Å². The number of nitrogens with zero attached hydrogens (tertiary/aromatic N) is 1. The summed E-state index contributed by atoms with van der Waals surface area (Å²) in [5.74, 6) is 5.30. The Morgan fingerprint density at radius 1 is 1.11 bits per heavy atom. The summed E-state index contributed by atoms with van der Waals surface area (Å²) in [4.78, 5) is 13.5. The first-order chi connectivity index (χ1) is 12.9. The summed E-state index contributed by atoms with van der Waals surface area (Å²) < 4.78 is 38.0. The number of benzene rings is 2. The maximum atomic E-state index is 12.7. The van der Waals surface area contributed by atoms with Crippen molar-refractivity contribution in [2.24, 2.45) is 0 Å². The molecule has 27 heavy (non-hydrogen) atoms. The summed E-state index contributed by atoms with van der Waals surface area (Å²) in [6.07, 6.45) is -2.67. The van der Waals surface area contributed by atoms with E-state index in [0.717, 1.165) is 25.0 Å². The SMILES string of the molecule is CN(CCCc1ccccc1)C(=O)NCC#Cc1cccc(C(F)(F)F)c1. The van der Waals surface area contributed by atoms with Gasteiger partial charge in [0.25, 0.3) is 0 Å². The number of hydrogen-bond acceptors (Lipinski definition) is 1. The van der Waals surface area contributed by atoms with Crippen LogP contribution in [0, 0.1) is 11.8 Å². The van der Waals surface area contributed by atoms with Crippen molar-refractivity contribution < 1.29 is 18.0 Å². The molecule has 142 valence electrons. The van der Waals surface area contributed by atoms with Gasteiger partial charge < -0.3 is 10.2 Å². The van der Waals surface area contributed by atoms with E-state index in [1.54, 1.807) is 11.9 Å². The standard InChI is InChI=1S/C21H21F3N2O/c1-26(15-7-12-17-8-3-2-4-9-17)20(27)25-14-6-11-18-10-5-13-19(16-18)21(22,23)24/h2-5,8-10,13,16H,7,12,14-15H2,1H3,(H,25,27). The second kappa shape index (κ2) is 9.67. The molecule has 0 atom stereocenters. The minimum absolute atomic E-state index is 0.0676. The van der Waals surface area contributed by atoms with Crippen LogP contribution in [0.15, 0.2) is 54.6 Å². The molecule has 0 fully saturated rings. The molecule has 0 aliphatic rings. The number of halogens is 3. The van der Waals surface area contributed by atoms with Crippen LogP contribution in [0.5, 0.6) is 0 Å². The highest BCUT2D eigenvalue weighted by molar-refractivity contribution is 5.74. The lowest BCUT2D eigenvalue weighted by atomic mass is 10.1. The van der Waals surface area contributed by atoms with Crippen molar-refractivity contribution >= 4 is 6.03 Å². The molecule has 2 amide bonds. The van der Waals surface area contributed by atoms with Crippen molar-refractivity contribution in [1.82, 2.24) is 10.2 Å². The molecule has 0 aliphatic heterocycles. The summed E-state index contributed by atoms with van der Waals surface area (Å²) in [5, 5.41) is 2.64. The van der Waals surface area contributed by atoms with Crippen LogP contribution in [0.1, 0.15) is 23.1 Å². The molecule has 0 saturated carbocycles. The molecular weight excluding hydrogens is 353 g/mol. The van der Waals surface area contributed by atoms with E-state index < -0.39 is 11.7 Å². The lowest BCUT2D eigenvalue weighted by Crippen LogP contribution is -2.38. The maximum absolute atomic E-state index is 12.7. The van der Waals surface area contributed by atoms with Gasteiger partial charge in [-0.15, -0.1) is 0 Å². The fourth-order valence-corrected chi connectivity index (χ4v) is 2.44. The molecule has 0 spiro atoms. The Bertz CT molecular complexity index is 807. The third-order valence-electron chi connectivity index (χ3n) is 3.90. The predicted octanol–water partition coefficient (Wildman–Crippen LogP) is 4.33. The number of urea groups is 1. The van der Waals surface area contributed by atoms with Gasteiger partial charge in [-0.05, 0) is 36.6 Å². The van der Waals surface area contributed by atoms with E-state index >= 15 is 0 Å². The molecule has 0 bridgehead atoms. The van der Waals surface area contributed by atoms with Gasteiger partial charge in [-0.2, -0.15) is 13.2 Å². The minimum atomic E-state index is -4.39. The molecule has 2 aromatic rings. The highest BCUT2D eigenvalue weighted by Crippen LogP contribution is 2.29. The second-order valence-electron chi connectivity index (χ2n) is 6.05. The van der Waals surface area contributed by atoms with Crippen LogP contribution in [-0.2, 0) is 12.6 Å². The smallest absolute Gasteiger partial charge is 0.328 e. The largest absolute Gasteiger partial charge is 0.416 e. The third-order valence-corrected chi connectivity index (χ3v) is 3.90. The Morgan fingerprint density at radius 3 is 2.56 bits per heavy atom. The predicted molar refractivity (Wildman–Crippen MR) is 99.1 cm³/mol. The zero-order chi connectivity index (χ0) is 19.7. The van der Waals surface area contributed by atoms with Crippen LogP contribution in [-0.4, -0.2) is 31.1 Å². The quantitative estimate of drug-likeness (QED) is 0.777. The lowest BCUT2D eigenvalue weighted by Gasteiger charge is -2.16. The number of carbonyl (C=O) groups is 1. The average Bonchev–Trinajstić information content (AvgIpc) is 2.65. The number of rotatable bonds is 5. The van der Waals surface area contributed by atoms with Crippen LogP contribution in [0.4, 0.5) is 18.0 Å². The van der Waals surface area contributed by atoms with E-state index in [2.05, 4.69) is 17.2 Å². The van der Waals surface area contributed by atoms with Crippen LogP contribution < -0.4 is 5.32 Å². The Hall–Kier alpha value is -2.94. The molecule has 0 heterocycles. The molecule has 0 aromatic heterocycles. The molecule has 0 aliphatic carbocycles. The van der Waals surface area contributed by atoms with Crippen LogP contribution in [0.3, 0.4) is 0 Å². The Kier molecular flexibility index (Phi) is 7.30. The van der Waals surface area contributed by atoms with Crippen molar-refractivity contribution in [2.75, 3.05) is 20.1 Å². The first-order valence-electron chi connectivity index (χ1n) is 8.55. The molecule has 0 saturated heterocycles. The summed E-state index contributed by atoms with van der Waals surface area (Å²) in [5.41, 5.74) is 0.741. The van der Waals surface area contributed by atoms with Gasteiger partial charge in [0.2, 0.25) is 0 Å². The van der Waals surface area contributed by atoms with Gasteiger partial charge >= 0.3 is 12.2 Å². The van der Waals surface area contributed by atoms with Crippen LogP contribution in [0.2, 0.25) is 0 Å². The number of amides is 2. The molecule has 2 rings (SSSR count). The van der Waals surface area contributed by atoms with Gasteiger partial charge in [-0.25, -0.2) is 4.79 Å². The van der Waals surface area contributed by atoms with E-state index in [0.29, 0.717) is 6.54 Å². The molecule has 0 unspecified atom stereocenters. The van der Waals surface area contributed by atoms with Gasteiger partial charge in [0.1, 0.15) is 0 Å². The summed E-state index contributed by atoms with van der Waals surface area (Å²) in [7, 11) is 1.69. The third kappa shape index (κ3) is 7.06. The summed E-state index contributed by atoms with van der Waals surface area (Å²) in [6, 6.07) is 14.6. The zero-order valence-electron chi connectivity index (χ0n) is 15.0. The van der Waals surface area contributed by atoms with E-state index in [9.17, 15) is 18.0 Å². The van der Waals surface area contributed by atoms with E-state index in [1.807, 2.05) is 30.3 Å². The highest BCUT2D eigenvalue weighted by atomic mass is 19.4. The van der Waals surface area contributed by atoms with Crippen molar-refractivity contribution in [3.63, 3.8) is 0 Å². The Labute approximate surface area is 157 Å². The van der Waals surface area contributed by atoms with Crippen LogP contribution in [0.25, 0.3) is 0 Å². The van der Waals surface area contributed by atoms with Gasteiger partial charge in [-0.3, -0.25) is 0 Å². The van der Waals surface area contributed by atoms with Gasteiger partial charge in [0, 0.05) is 19.2 Å². The molecule has 3 nitrogen and oxygen atoms in total. The first-order valence-corrected chi connectivity index (χ1v) is 8.55. The van der Waals surface area contributed by atoms with Gasteiger partial charge in [0.15, 0.2) is 0 Å². The fourth-order valence-electron chi connectivity index (χ4n) is 2.44. The number of nitrogens with one attached hydrogen (secondary N) is 1. The average molecular weight is 374 g/mol. The molecule has 6 heteroatoms. The number of alkyl halides is 3. The molecule has 2 aromatic carbocycles. The van der Waals surface area contributed by atoms with Crippen molar-refractivity contribution in [3.05, 3.63) is 71.3 Å². The van der Waals surface area contributed by atoms with Crippen LogP contribution >= 0.6 is 0 Å². The second-order valence-corrected chi connectivity index (χ2v) is 6.05. The first kappa shape index (κ1) is 20.4. The summed E-state index contributed by atoms with van der Waals surface area (Å²) in [6.45, 7) is 0.667.